The van der Waals surface area contributed by atoms with E-state index >= 15 is 0 Å². The van der Waals surface area contributed by atoms with Gasteiger partial charge in [0.05, 0.1) is 11.2 Å². The molecule has 0 aromatic carbocycles. The smallest absolute Gasteiger partial charge is 0.230 e. The van der Waals surface area contributed by atoms with Gasteiger partial charge in [-0.2, -0.15) is 0 Å². The van der Waals surface area contributed by atoms with E-state index in [1.165, 1.54) is 32.1 Å². The van der Waals surface area contributed by atoms with E-state index in [9.17, 15) is 13.2 Å². The normalized spacial score (nSPS) is 30.4. The van der Waals surface area contributed by atoms with Gasteiger partial charge in [-0.15, -0.1) is 0 Å². The number of carbonyl (C=O) groups excluding carboxylic acids is 1. The Morgan fingerprint density at radius 1 is 1.08 bits per heavy atom. The third-order valence-electron chi connectivity index (χ3n) is 6.20. The summed E-state index contributed by atoms with van der Waals surface area (Å²) in [6.45, 7) is 4.57. The molecule has 0 aromatic heterocycles. The van der Waals surface area contributed by atoms with Crippen molar-refractivity contribution < 1.29 is 13.2 Å². The van der Waals surface area contributed by atoms with Gasteiger partial charge in [-0.1, -0.05) is 26.2 Å². The molecule has 1 spiro atoms. The molecule has 0 aromatic rings. The van der Waals surface area contributed by atoms with Gasteiger partial charge in [0.2, 0.25) is 15.9 Å². The first-order chi connectivity index (χ1) is 11.5. The van der Waals surface area contributed by atoms with E-state index in [0.717, 1.165) is 25.9 Å². The summed E-state index contributed by atoms with van der Waals surface area (Å²) >= 11 is 0. The van der Waals surface area contributed by atoms with Crippen LogP contribution in [0.1, 0.15) is 64.7 Å². The average molecular weight is 357 g/mol. The van der Waals surface area contributed by atoms with Gasteiger partial charge in [0.25, 0.3) is 0 Å². The van der Waals surface area contributed by atoms with Crippen LogP contribution < -0.4 is 0 Å². The van der Waals surface area contributed by atoms with Crippen molar-refractivity contribution in [2.45, 2.75) is 64.7 Å². The SMILES string of the molecule is CCCS(=O)(=O)N1CC[C@]2(CCCN(CC3CCCCC3)C2=O)C1. The molecule has 1 atom stereocenters. The fourth-order valence-corrected chi connectivity index (χ4v) is 6.43. The lowest BCUT2D eigenvalue weighted by Crippen LogP contribution is -2.51. The molecular formula is C18H32N2O3S. The van der Waals surface area contributed by atoms with Crippen molar-refractivity contribution in [3.63, 3.8) is 0 Å². The zero-order valence-corrected chi connectivity index (χ0v) is 15.8. The Hall–Kier alpha value is -0.620. The maximum atomic E-state index is 13.2. The molecule has 6 heteroatoms. The van der Waals surface area contributed by atoms with Gasteiger partial charge in [0.15, 0.2) is 0 Å². The van der Waals surface area contributed by atoms with Crippen molar-refractivity contribution in [2.24, 2.45) is 11.3 Å². The minimum Gasteiger partial charge on any atom is -0.342 e. The van der Waals surface area contributed by atoms with Crippen LogP contribution in [-0.2, 0) is 14.8 Å². The van der Waals surface area contributed by atoms with Gasteiger partial charge in [0.1, 0.15) is 0 Å². The lowest BCUT2D eigenvalue weighted by molar-refractivity contribution is -0.146. The summed E-state index contributed by atoms with van der Waals surface area (Å²) in [6, 6.07) is 0. The van der Waals surface area contributed by atoms with Crippen LogP contribution in [0.15, 0.2) is 0 Å². The molecule has 138 valence electrons. The van der Waals surface area contributed by atoms with Gasteiger partial charge < -0.3 is 4.90 Å². The van der Waals surface area contributed by atoms with Crippen LogP contribution in [0, 0.1) is 11.3 Å². The topological polar surface area (TPSA) is 57.7 Å². The van der Waals surface area contributed by atoms with E-state index in [-0.39, 0.29) is 11.7 Å². The summed E-state index contributed by atoms with van der Waals surface area (Å²) in [6.07, 6.45) is 9.61. The summed E-state index contributed by atoms with van der Waals surface area (Å²) in [5.74, 6) is 1.08. The largest absolute Gasteiger partial charge is 0.342 e. The molecule has 24 heavy (non-hydrogen) atoms. The second kappa shape index (κ2) is 7.32. The minimum absolute atomic E-state index is 0.197. The Morgan fingerprint density at radius 2 is 1.83 bits per heavy atom. The lowest BCUT2D eigenvalue weighted by Gasteiger charge is -2.41. The van der Waals surface area contributed by atoms with E-state index in [1.54, 1.807) is 4.31 Å². The number of hydrogen-bond acceptors (Lipinski definition) is 3. The molecule has 2 aliphatic heterocycles. The maximum Gasteiger partial charge on any atom is 0.230 e. The number of carbonyl (C=O) groups is 1. The number of nitrogens with zero attached hydrogens (tertiary/aromatic N) is 2. The summed E-state index contributed by atoms with van der Waals surface area (Å²) < 4.78 is 26.3. The highest BCUT2D eigenvalue weighted by atomic mass is 32.2. The molecule has 2 heterocycles. The number of hydrogen-bond donors (Lipinski definition) is 0. The highest BCUT2D eigenvalue weighted by Crippen LogP contribution is 2.41. The van der Waals surface area contributed by atoms with Crippen molar-refractivity contribution in [1.82, 2.24) is 9.21 Å². The van der Waals surface area contributed by atoms with Crippen LogP contribution in [-0.4, -0.2) is 55.5 Å². The Labute approximate surface area is 146 Å². The molecule has 0 unspecified atom stereocenters. The third-order valence-corrected chi connectivity index (χ3v) is 8.22. The summed E-state index contributed by atoms with van der Waals surface area (Å²) in [4.78, 5) is 15.2. The number of piperidine rings is 1. The quantitative estimate of drug-likeness (QED) is 0.761. The Morgan fingerprint density at radius 3 is 2.54 bits per heavy atom. The zero-order chi connectivity index (χ0) is 17.2. The molecule has 0 bridgehead atoms. The highest BCUT2D eigenvalue weighted by Gasteiger charge is 2.50. The Kier molecular flexibility index (Phi) is 5.55. The Balaban J connectivity index is 1.66. The predicted octanol–water partition coefficient (Wildman–Crippen LogP) is 2.62. The minimum atomic E-state index is -3.19. The van der Waals surface area contributed by atoms with Crippen LogP contribution in [0.2, 0.25) is 0 Å². The van der Waals surface area contributed by atoms with Crippen LogP contribution in [0.3, 0.4) is 0 Å². The van der Waals surface area contributed by atoms with E-state index in [2.05, 4.69) is 4.90 Å². The van der Waals surface area contributed by atoms with Gasteiger partial charge in [-0.25, -0.2) is 12.7 Å². The number of amides is 1. The van der Waals surface area contributed by atoms with Crippen LogP contribution in [0.4, 0.5) is 0 Å². The molecule has 3 rings (SSSR count). The van der Waals surface area contributed by atoms with Crippen molar-refractivity contribution in [2.75, 3.05) is 31.9 Å². The number of likely N-dealkylation sites (tertiary alicyclic amines) is 1. The number of rotatable bonds is 5. The van der Waals surface area contributed by atoms with Crippen molar-refractivity contribution in [1.29, 1.82) is 0 Å². The van der Waals surface area contributed by atoms with E-state index < -0.39 is 15.4 Å². The lowest BCUT2D eigenvalue weighted by atomic mass is 9.77. The van der Waals surface area contributed by atoms with Crippen molar-refractivity contribution in [3.8, 4) is 0 Å². The average Bonchev–Trinajstić information content (AvgIpc) is 2.99. The van der Waals surface area contributed by atoms with Gasteiger partial charge in [-0.3, -0.25) is 4.79 Å². The first-order valence-electron chi connectivity index (χ1n) is 9.74. The summed E-state index contributed by atoms with van der Waals surface area (Å²) in [5, 5.41) is 0. The van der Waals surface area contributed by atoms with Gasteiger partial charge >= 0.3 is 0 Å². The Bertz CT molecular complexity index is 557. The fourth-order valence-electron chi connectivity index (χ4n) is 4.85. The molecular weight excluding hydrogens is 324 g/mol. The monoisotopic (exact) mass is 356 g/mol. The molecule has 0 N–H and O–H groups in total. The molecule has 5 nitrogen and oxygen atoms in total. The van der Waals surface area contributed by atoms with Crippen LogP contribution in [0.25, 0.3) is 0 Å². The highest BCUT2D eigenvalue weighted by molar-refractivity contribution is 7.89. The molecule has 0 radical (unpaired) electrons. The zero-order valence-electron chi connectivity index (χ0n) is 15.0. The van der Waals surface area contributed by atoms with E-state index in [0.29, 0.717) is 31.8 Å². The molecule has 2 saturated heterocycles. The second-order valence-corrected chi connectivity index (χ2v) is 10.1. The van der Waals surface area contributed by atoms with Gasteiger partial charge in [-0.05, 0) is 44.4 Å². The number of sulfonamides is 1. The standard InChI is InChI=1S/C18H32N2O3S/c1-2-13-24(22,23)20-12-10-18(15-20)9-6-11-19(17(18)21)14-16-7-4-3-5-8-16/h16H,2-15H2,1H3/t18-/m1/s1. The van der Waals surface area contributed by atoms with E-state index in [1.807, 2.05) is 6.92 Å². The predicted molar refractivity (Wildman–Crippen MR) is 95.1 cm³/mol. The van der Waals surface area contributed by atoms with Crippen molar-refractivity contribution in [3.05, 3.63) is 0 Å². The molecule has 3 aliphatic rings. The first kappa shape index (κ1) is 18.2. The van der Waals surface area contributed by atoms with Crippen molar-refractivity contribution >= 4 is 15.9 Å². The maximum absolute atomic E-state index is 13.2. The molecule has 1 saturated carbocycles. The van der Waals surface area contributed by atoms with Gasteiger partial charge in [0, 0.05) is 26.2 Å². The molecule has 3 fully saturated rings. The van der Waals surface area contributed by atoms with Crippen LogP contribution in [0.5, 0.6) is 0 Å². The van der Waals surface area contributed by atoms with E-state index in [4.69, 9.17) is 0 Å². The van der Waals surface area contributed by atoms with Crippen LogP contribution >= 0.6 is 0 Å². The first-order valence-corrected chi connectivity index (χ1v) is 11.3. The third kappa shape index (κ3) is 3.64. The fraction of sp³-hybridized carbons (Fsp3) is 0.944. The summed E-state index contributed by atoms with van der Waals surface area (Å²) in [7, 11) is -3.19. The summed E-state index contributed by atoms with van der Waals surface area (Å²) in [5.41, 5.74) is -0.437. The second-order valence-electron chi connectivity index (χ2n) is 8.04. The molecule has 1 aliphatic carbocycles. The molecule has 1 amide bonds.